The van der Waals surface area contributed by atoms with E-state index in [0.29, 0.717) is 18.0 Å². The van der Waals surface area contributed by atoms with E-state index in [9.17, 15) is 22.8 Å². The highest BCUT2D eigenvalue weighted by atomic mass is 19.4. The number of carbonyl (C=O) groups excluding carboxylic acids is 2. The molecule has 3 rings (SSSR count). The molecule has 0 bridgehead atoms. The van der Waals surface area contributed by atoms with Crippen molar-refractivity contribution in [1.29, 1.82) is 0 Å². The predicted molar refractivity (Wildman–Crippen MR) is 140 cm³/mol. The average Bonchev–Trinajstić information content (AvgIpc) is 2.90. The number of anilines is 1. The molecule has 4 N–H and O–H groups in total. The second kappa shape index (κ2) is 13.5. The molecule has 0 aliphatic rings. The van der Waals surface area contributed by atoms with Gasteiger partial charge in [-0.25, -0.2) is 4.79 Å². The zero-order chi connectivity index (χ0) is 28.4. The quantitative estimate of drug-likeness (QED) is 0.254. The van der Waals surface area contributed by atoms with Gasteiger partial charge in [-0.1, -0.05) is 26.0 Å². The smallest absolute Gasteiger partial charge is 0.416 e. The Morgan fingerprint density at radius 1 is 1.00 bits per heavy atom. The van der Waals surface area contributed by atoms with Gasteiger partial charge in [-0.15, -0.1) is 0 Å². The van der Waals surface area contributed by atoms with Crippen molar-refractivity contribution in [3.63, 3.8) is 0 Å². The molecule has 3 aromatic rings. The molecule has 208 valence electrons. The van der Waals surface area contributed by atoms with E-state index in [4.69, 9.17) is 9.47 Å². The van der Waals surface area contributed by atoms with Crippen LogP contribution >= 0.6 is 0 Å². The van der Waals surface area contributed by atoms with E-state index in [0.717, 1.165) is 17.7 Å². The standard InChI is InChI=1S/C27H30F3N5O4/c1-17(2)32-12-13-38-24-9-6-19(27(28,29)30)14-22(24)35-26(37)34-16-18-4-7-20(8-5-18)39-21-10-11-33-23(15-21)25(36)31-3/h4-11,14-15,17,32H,12-13,16H2,1-3H3,(H,31,36)(H2,34,35,37). The van der Waals surface area contributed by atoms with Crippen LogP contribution in [0.3, 0.4) is 0 Å². The first-order valence-corrected chi connectivity index (χ1v) is 12.1. The van der Waals surface area contributed by atoms with Gasteiger partial charge in [0.25, 0.3) is 5.91 Å². The summed E-state index contributed by atoms with van der Waals surface area (Å²) in [6.45, 7) is 4.72. The number of halogens is 3. The lowest BCUT2D eigenvalue weighted by Gasteiger charge is -2.16. The third kappa shape index (κ3) is 9.18. The lowest BCUT2D eigenvalue weighted by Crippen LogP contribution is -2.29. The molecule has 12 heteroatoms. The Balaban J connectivity index is 1.59. The fraction of sp³-hybridized carbons (Fsp3) is 0.296. The Morgan fingerprint density at radius 3 is 2.41 bits per heavy atom. The molecule has 0 spiro atoms. The molecule has 9 nitrogen and oxygen atoms in total. The summed E-state index contributed by atoms with van der Waals surface area (Å²) in [7, 11) is 1.50. The van der Waals surface area contributed by atoms with Gasteiger partial charge in [0, 0.05) is 38.4 Å². The minimum Gasteiger partial charge on any atom is -0.490 e. The zero-order valence-electron chi connectivity index (χ0n) is 21.7. The van der Waals surface area contributed by atoms with Crippen LogP contribution in [-0.4, -0.2) is 43.2 Å². The number of nitrogens with zero attached hydrogens (tertiary/aromatic N) is 1. The van der Waals surface area contributed by atoms with Crippen molar-refractivity contribution < 1.29 is 32.2 Å². The number of carbonyl (C=O) groups is 2. The number of hydrogen-bond donors (Lipinski definition) is 4. The maximum absolute atomic E-state index is 13.2. The average molecular weight is 546 g/mol. The summed E-state index contributed by atoms with van der Waals surface area (Å²) in [4.78, 5) is 28.2. The Hall–Kier alpha value is -4.32. The van der Waals surface area contributed by atoms with Gasteiger partial charge in [-0.05, 0) is 42.0 Å². The Labute approximate surface area is 224 Å². The second-order valence-electron chi connectivity index (χ2n) is 8.68. The van der Waals surface area contributed by atoms with Crippen LogP contribution in [0.1, 0.15) is 35.5 Å². The Kier molecular flexibility index (Phi) is 10.1. The number of amides is 3. The zero-order valence-corrected chi connectivity index (χ0v) is 21.7. The van der Waals surface area contributed by atoms with E-state index in [1.807, 2.05) is 13.8 Å². The maximum atomic E-state index is 13.2. The number of benzene rings is 2. The molecular formula is C27H30F3N5O4. The van der Waals surface area contributed by atoms with E-state index in [2.05, 4.69) is 26.3 Å². The molecule has 0 radical (unpaired) electrons. The van der Waals surface area contributed by atoms with E-state index in [1.54, 1.807) is 30.3 Å². The molecule has 0 atom stereocenters. The molecule has 0 fully saturated rings. The van der Waals surface area contributed by atoms with Crippen LogP contribution in [0.2, 0.25) is 0 Å². The topological polar surface area (TPSA) is 114 Å². The van der Waals surface area contributed by atoms with Gasteiger partial charge in [-0.3, -0.25) is 9.78 Å². The first kappa shape index (κ1) is 29.2. The number of pyridine rings is 1. The predicted octanol–water partition coefficient (Wildman–Crippen LogP) is 4.95. The molecule has 1 aromatic heterocycles. The van der Waals surface area contributed by atoms with E-state index in [-0.39, 0.29) is 42.2 Å². The number of nitrogens with one attached hydrogen (secondary N) is 4. The van der Waals surface area contributed by atoms with Gasteiger partial charge in [0.1, 0.15) is 29.5 Å². The highest BCUT2D eigenvalue weighted by Crippen LogP contribution is 2.35. The molecule has 2 aromatic carbocycles. The molecule has 0 saturated heterocycles. The number of alkyl halides is 3. The maximum Gasteiger partial charge on any atom is 0.416 e. The number of rotatable bonds is 11. The molecular weight excluding hydrogens is 515 g/mol. The molecule has 0 aliphatic heterocycles. The van der Waals surface area contributed by atoms with E-state index >= 15 is 0 Å². The summed E-state index contributed by atoms with van der Waals surface area (Å²) in [6, 6.07) is 12.4. The van der Waals surface area contributed by atoms with E-state index in [1.165, 1.54) is 25.4 Å². The molecule has 0 unspecified atom stereocenters. The molecule has 0 aliphatic carbocycles. The number of aromatic nitrogens is 1. The van der Waals surface area contributed by atoms with Crippen LogP contribution in [0.25, 0.3) is 0 Å². The van der Waals surface area contributed by atoms with Crippen LogP contribution in [0.4, 0.5) is 23.7 Å². The normalized spacial score (nSPS) is 11.2. The van der Waals surface area contributed by atoms with Crippen molar-refractivity contribution in [2.75, 3.05) is 25.5 Å². The summed E-state index contributed by atoms with van der Waals surface area (Å²) in [5.74, 6) is 0.705. The largest absolute Gasteiger partial charge is 0.490 e. The highest BCUT2D eigenvalue weighted by Gasteiger charge is 2.31. The molecule has 39 heavy (non-hydrogen) atoms. The van der Waals surface area contributed by atoms with Gasteiger partial charge < -0.3 is 30.7 Å². The summed E-state index contributed by atoms with van der Waals surface area (Å²) >= 11 is 0. The van der Waals surface area contributed by atoms with Crippen molar-refractivity contribution in [3.05, 3.63) is 77.6 Å². The number of ether oxygens (including phenoxy) is 2. The van der Waals surface area contributed by atoms with Crippen LogP contribution in [-0.2, 0) is 12.7 Å². The minimum absolute atomic E-state index is 0.0934. The van der Waals surface area contributed by atoms with Gasteiger partial charge in [-0.2, -0.15) is 13.2 Å². The fourth-order valence-corrected chi connectivity index (χ4v) is 3.33. The fourth-order valence-electron chi connectivity index (χ4n) is 3.33. The minimum atomic E-state index is -4.57. The van der Waals surface area contributed by atoms with Crippen molar-refractivity contribution in [2.45, 2.75) is 32.6 Å². The highest BCUT2D eigenvalue weighted by molar-refractivity contribution is 5.92. The van der Waals surface area contributed by atoms with Crippen molar-refractivity contribution in [2.24, 2.45) is 0 Å². The Bertz CT molecular complexity index is 1270. The first-order valence-electron chi connectivity index (χ1n) is 12.1. The van der Waals surface area contributed by atoms with Crippen LogP contribution < -0.4 is 30.7 Å². The Morgan fingerprint density at radius 2 is 1.74 bits per heavy atom. The third-order valence-electron chi connectivity index (χ3n) is 5.27. The monoisotopic (exact) mass is 545 g/mol. The van der Waals surface area contributed by atoms with E-state index < -0.39 is 17.8 Å². The first-order chi connectivity index (χ1) is 18.5. The van der Waals surface area contributed by atoms with Crippen molar-refractivity contribution >= 4 is 17.6 Å². The SMILES string of the molecule is CNC(=O)c1cc(Oc2ccc(CNC(=O)Nc3cc(C(F)(F)F)ccc3OCCNC(C)C)cc2)ccn1. The lowest BCUT2D eigenvalue weighted by molar-refractivity contribution is -0.137. The third-order valence-corrected chi connectivity index (χ3v) is 5.27. The van der Waals surface area contributed by atoms with Crippen LogP contribution in [0.5, 0.6) is 17.2 Å². The summed E-state index contributed by atoms with van der Waals surface area (Å²) in [6.07, 6.45) is -3.12. The molecule has 0 saturated carbocycles. The van der Waals surface area contributed by atoms with Gasteiger partial charge in [0.2, 0.25) is 0 Å². The number of urea groups is 1. The second-order valence-corrected chi connectivity index (χ2v) is 8.68. The van der Waals surface area contributed by atoms with Gasteiger partial charge >= 0.3 is 12.2 Å². The van der Waals surface area contributed by atoms with Crippen molar-refractivity contribution in [1.82, 2.24) is 20.9 Å². The van der Waals surface area contributed by atoms with Crippen molar-refractivity contribution in [3.8, 4) is 17.2 Å². The number of hydrogen-bond acceptors (Lipinski definition) is 6. The lowest BCUT2D eigenvalue weighted by atomic mass is 10.1. The summed E-state index contributed by atoms with van der Waals surface area (Å²) < 4.78 is 51.0. The molecule has 3 amide bonds. The van der Waals surface area contributed by atoms with Crippen LogP contribution in [0, 0.1) is 0 Å². The van der Waals surface area contributed by atoms with Gasteiger partial charge in [0.05, 0.1) is 11.3 Å². The van der Waals surface area contributed by atoms with Gasteiger partial charge in [0.15, 0.2) is 0 Å². The van der Waals surface area contributed by atoms with Crippen LogP contribution in [0.15, 0.2) is 60.8 Å². The summed E-state index contributed by atoms with van der Waals surface area (Å²) in [5.41, 5.74) is -0.0660. The summed E-state index contributed by atoms with van der Waals surface area (Å²) in [5, 5.41) is 10.7. The molecule has 1 heterocycles.